The molecule has 2 atom stereocenters. The molecule has 0 aliphatic heterocycles. The average molecular weight is 320 g/mol. The van der Waals surface area contributed by atoms with E-state index < -0.39 is 0 Å². The highest BCUT2D eigenvalue weighted by Gasteiger charge is 2.21. The zero-order valence-electron chi connectivity index (χ0n) is 13.3. The molecular formula is C16H24N4OS. The lowest BCUT2D eigenvalue weighted by molar-refractivity contribution is 0.327. The largest absolute Gasteiger partial charge is 0.357 e. The number of aryl methyl sites for hydroxylation is 1. The lowest BCUT2D eigenvalue weighted by atomic mass is 9.84. The maximum absolute atomic E-state index is 12.1. The van der Waals surface area contributed by atoms with E-state index in [1.54, 1.807) is 6.07 Å². The van der Waals surface area contributed by atoms with Crippen LogP contribution in [-0.4, -0.2) is 20.6 Å². The van der Waals surface area contributed by atoms with Crippen LogP contribution in [0.25, 0.3) is 4.96 Å². The maximum atomic E-state index is 12.1. The minimum Gasteiger partial charge on any atom is -0.357 e. The van der Waals surface area contributed by atoms with Gasteiger partial charge < -0.3 is 5.32 Å². The van der Waals surface area contributed by atoms with E-state index in [0.29, 0.717) is 11.0 Å². The molecule has 3 rings (SSSR count). The van der Waals surface area contributed by atoms with Crippen molar-refractivity contribution in [3.05, 3.63) is 22.1 Å². The Hall–Kier alpha value is -1.43. The molecule has 1 fully saturated rings. The third-order valence-electron chi connectivity index (χ3n) is 4.49. The number of nitrogens with one attached hydrogen (secondary N) is 1. The van der Waals surface area contributed by atoms with Crippen molar-refractivity contribution in [3.63, 3.8) is 0 Å². The zero-order chi connectivity index (χ0) is 15.5. The van der Waals surface area contributed by atoms with Crippen LogP contribution in [0.15, 0.2) is 10.9 Å². The van der Waals surface area contributed by atoms with Gasteiger partial charge in [-0.25, -0.2) is 4.98 Å². The fraction of sp³-hybridized carbons (Fsp3) is 0.688. The smallest absolute Gasteiger partial charge is 0.275 e. The molecule has 6 heteroatoms. The molecule has 0 amide bonds. The van der Waals surface area contributed by atoms with Gasteiger partial charge in [0.15, 0.2) is 0 Å². The molecule has 2 heterocycles. The van der Waals surface area contributed by atoms with E-state index in [4.69, 9.17) is 0 Å². The van der Waals surface area contributed by atoms with Crippen molar-refractivity contribution < 1.29 is 0 Å². The van der Waals surface area contributed by atoms with Gasteiger partial charge in [-0.2, -0.15) is 4.52 Å². The van der Waals surface area contributed by atoms with E-state index in [2.05, 4.69) is 29.2 Å². The van der Waals surface area contributed by atoms with Gasteiger partial charge >= 0.3 is 0 Å². The second kappa shape index (κ2) is 6.77. The molecule has 1 aliphatic rings. The molecule has 0 radical (unpaired) electrons. The fourth-order valence-corrected chi connectivity index (χ4v) is 4.17. The van der Waals surface area contributed by atoms with Gasteiger partial charge in [0.1, 0.15) is 0 Å². The summed E-state index contributed by atoms with van der Waals surface area (Å²) in [6.45, 7) is 4.36. The highest BCUT2D eigenvalue weighted by atomic mass is 32.1. The number of rotatable bonds is 5. The molecule has 0 aromatic carbocycles. The number of hydrogen-bond acceptors (Lipinski definition) is 5. The predicted molar refractivity (Wildman–Crippen MR) is 90.8 cm³/mol. The first-order valence-electron chi connectivity index (χ1n) is 8.36. The Morgan fingerprint density at radius 3 is 3.05 bits per heavy atom. The first-order chi connectivity index (χ1) is 10.7. The Balaban J connectivity index is 1.80. The van der Waals surface area contributed by atoms with Crippen LogP contribution < -0.4 is 10.9 Å². The summed E-state index contributed by atoms with van der Waals surface area (Å²) in [4.78, 5) is 17.4. The zero-order valence-corrected chi connectivity index (χ0v) is 14.2. The monoisotopic (exact) mass is 320 g/mol. The Morgan fingerprint density at radius 2 is 2.27 bits per heavy atom. The van der Waals surface area contributed by atoms with Crippen molar-refractivity contribution in [1.82, 2.24) is 14.6 Å². The van der Waals surface area contributed by atoms with Gasteiger partial charge in [0.25, 0.3) is 5.56 Å². The summed E-state index contributed by atoms with van der Waals surface area (Å²) < 4.78 is 1.42. The fourth-order valence-electron chi connectivity index (χ4n) is 3.27. The summed E-state index contributed by atoms with van der Waals surface area (Å²) in [6.07, 6.45) is 8.10. The second-order valence-electron chi connectivity index (χ2n) is 6.22. The van der Waals surface area contributed by atoms with Gasteiger partial charge in [-0.05, 0) is 25.2 Å². The van der Waals surface area contributed by atoms with Crippen LogP contribution in [0.3, 0.4) is 0 Å². The minimum absolute atomic E-state index is 0.0761. The lowest BCUT2D eigenvalue weighted by Crippen LogP contribution is -2.27. The van der Waals surface area contributed by atoms with Crippen LogP contribution in [0.4, 0.5) is 5.13 Å². The Morgan fingerprint density at radius 1 is 1.41 bits per heavy atom. The van der Waals surface area contributed by atoms with Crippen molar-refractivity contribution >= 4 is 21.4 Å². The third-order valence-corrected chi connectivity index (χ3v) is 5.33. The molecule has 2 aromatic rings. The molecule has 120 valence electrons. The molecule has 1 saturated carbocycles. The minimum atomic E-state index is -0.0761. The van der Waals surface area contributed by atoms with Crippen LogP contribution in [0, 0.1) is 5.92 Å². The van der Waals surface area contributed by atoms with Crippen molar-refractivity contribution in [1.29, 1.82) is 0 Å². The first kappa shape index (κ1) is 15.5. The molecule has 0 bridgehead atoms. The van der Waals surface area contributed by atoms with E-state index >= 15 is 0 Å². The van der Waals surface area contributed by atoms with Gasteiger partial charge in [0, 0.05) is 17.8 Å². The molecule has 1 aliphatic carbocycles. The molecular weight excluding hydrogens is 296 g/mol. The Bertz CT molecular complexity index is 693. The molecule has 1 N–H and O–H groups in total. The molecule has 5 nitrogen and oxygen atoms in total. The predicted octanol–water partition coefficient (Wildman–Crippen LogP) is 3.48. The van der Waals surface area contributed by atoms with E-state index in [1.165, 1.54) is 48.0 Å². The maximum Gasteiger partial charge on any atom is 0.275 e. The molecule has 2 aromatic heterocycles. The Kier molecular flexibility index (Phi) is 4.76. The number of fused-ring (bicyclic) bond motifs is 1. The quantitative estimate of drug-likeness (QED) is 0.916. The summed E-state index contributed by atoms with van der Waals surface area (Å²) in [6, 6.07) is 2.08. The van der Waals surface area contributed by atoms with Crippen LogP contribution in [-0.2, 0) is 6.42 Å². The molecule has 22 heavy (non-hydrogen) atoms. The number of nitrogens with zero attached hydrogens (tertiary/aromatic N) is 3. The summed E-state index contributed by atoms with van der Waals surface area (Å²) >= 11 is 1.48. The molecule has 2 unspecified atom stereocenters. The van der Waals surface area contributed by atoms with E-state index in [9.17, 15) is 4.79 Å². The van der Waals surface area contributed by atoms with Crippen molar-refractivity contribution in [3.8, 4) is 0 Å². The highest BCUT2D eigenvalue weighted by Crippen LogP contribution is 2.29. The average Bonchev–Trinajstić information content (AvgIpc) is 2.91. The Labute approximate surface area is 134 Å². The van der Waals surface area contributed by atoms with Crippen molar-refractivity contribution in [2.45, 2.75) is 64.8 Å². The van der Waals surface area contributed by atoms with Gasteiger partial charge in [0.05, 0.1) is 0 Å². The number of hydrogen-bond donors (Lipinski definition) is 1. The SMILES string of the molecule is CCCc1cc(=O)n2nc(NC3CCCC(CC)C3)sc2n1. The molecule has 0 saturated heterocycles. The highest BCUT2D eigenvalue weighted by molar-refractivity contribution is 7.20. The summed E-state index contributed by atoms with van der Waals surface area (Å²) in [7, 11) is 0. The topological polar surface area (TPSA) is 59.3 Å². The van der Waals surface area contributed by atoms with E-state index in [0.717, 1.165) is 29.6 Å². The van der Waals surface area contributed by atoms with E-state index in [1.807, 2.05) is 0 Å². The second-order valence-corrected chi connectivity index (χ2v) is 7.18. The van der Waals surface area contributed by atoms with Gasteiger partial charge in [0.2, 0.25) is 10.1 Å². The summed E-state index contributed by atoms with van der Waals surface area (Å²) in [5, 5.41) is 8.75. The van der Waals surface area contributed by atoms with Crippen LogP contribution in [0.1, 0.15) is 58.1 Å². The summed E-state index contributed by atoms with van der Waals surface area (Å²) in [5.74, 6) is 0.817. The van der Waals surface area contributed by atoms with Gasteiger partial charge in [-0.15, -0.1) is 5.10 Å². The van der Waals surface area contributed by atoms with Crippen molar-refractivity contribution in [2.75, 3.05) is 5.32 Å². The van der Waals surface area contributed by atoms with Gasteiger partial charge in [-0.3, -0.25) is 4.79 Å². The van der Waals surface area contributed by atoms with Crippen LogP contribution in [0.5, 0.6) is 0 Å². The van der Waals surface area contributed by atoms with Crippen LogP contribution >= 0.6 is 11.3 Å². The van der Waals surface area contributed by atoms with E-state index in [-0.39, 0.29) is 5.56 Å². The van der Waals surface area contributed by atoms with Crippen molar-refractivity contribution in [2.24, 2.45) is 5.92 Å². The number of anilines is 1. The van der Waals surface area contributed by atoms with Gasteiger partial charge in [-0.1, -0.05) is 50.9 Å². The van der Waals surface area contributed by atoms with Crippen LogP contribution in [0.2, 0.25) is 0 Å². The summed E-state index contributed by atoms with van der Waals surface area (Å²) in [5.41, 5.74) is 0.791. The molecule has 0 spiro atoms. The first-order valence-corrected chi connectivity index (χ1v) is 9.17. The standard InChI is InChI=1S/C16H24N4OS/c1-3-6-12-10-14(21)20-16(18-12)22-15(19-20)17-13-8-5-7-11(4-2)9-13/h10-11,13H,3-9H2,1-2H3,(H,17,19). The lowest BCUT2D eigenvalue weighted by Gasteiger charge is -2.28. The third kappa shape index (κ3) is 3.32. The number of aromatic nitrogens is 3. The normalized spacial score (nSPS) is 22.1.